The molecule has 0 fully saturated rings. The average molecular weight is 294 g/mol. The van der Waals surface area contributed by atoms with Gasteiger partial charge in [-0.1, -0.05) is 36.4 Å². The third-order valence-corrected chi connectivity index (χ3v) is 3.74. The number of para-hydroxylation sites is 2. The Morgan fingerprint density at radius 3 is 2.82 bits per heavy atom. The molecule has 1 aliphatic rings. The molecule has 0 saturated heterocycles. The van der Waals surface area contributed by atoms with E-state index in [0.717, 1.165) is 22.3 Å². The first-order valence-corrected chi connectivity index (χ1v) is 7.18. The largest absolute Gasteiger partial charge is 0.478 e. The maximum Gasteiger partial charge on any atom is 0.348 e. The normalized spacial score (nSPS) is 16.3. The number of furan rings is 1. The van der Waals surface area contributed by atoms with Crippen LogP contribution in [0.25, 0.3) is 11.0 Å². The fourth-order valence-electron chi connectivity index (χ4n) is 2.66. The lowest BCUT2D eigenvalue weighted by Crippen LogP contribution is -2.27. The Labute approximate surface area is 127 Å². The zero-order chi connectivity index (χ0) is 14.9. The number of benzene rings is 2. The highest BCUT2D eigenvalue weighted by Gasteiger charge is 2.30. The zero-order valence-corrected chi connectivity index (χ0v) is 11.8. The lowest BCUT2D eigenvalue weighted by atomic mass is 10.1. The van der Waals surface area contributed by atoms with E-state index in [4.69, 9.17) is 13.9 Å². The molecule has 1 aliphatic heterocycles. The third-order valence-electron chi connectivity index (χ3n) is 3.74. The van der Waals surface area contributed by atoms with Crippen molar-refractivity contribution in [1.29, 1.82) is 0 Å². The van der Waals surface area contributed by atoms with Gasteiger partial charge in [0.05, 0.1) is 0 Å². The van der Waals surface area contributed by atoms with Gasteiger partial charge >= 0.3 is 5.97 Å². The maximum absolute atomic E-state index is 12.1. The van der Waals surface area contributed by atoms with Crippen molar-refractivity contribution in [2.75, 3.05) is 0 Å². The molecule has 0 spiro atoms. The van der Waals surface area contributed by atoms with Crippen molar-refractivity contribution in [2.24, 2.45) is 0 Å². The highest BCUT2D eigenvalue weighted by Crippen LogP contribution is 2.29. The molecule has 22 heavy (non-hydrogen) atoms. The van der Waals surface area contributed by atoms with Crippen LogP contribution in [0.1, 0.15) is 11.3 Å². The van der Waals surface area contributed by atoms with E-state index >= 15 is 0 Å². The molecule has 0 aliphatic carbocycles. The van der Waals surface area contributed by atoms with E-state index in [0.29, 0.717) is 12.2 Å². The molecule has 110 valence electrons. The Morgan fingerprint density at radius 1 is 1.14 bits per heavy atom. The Balaban J connectivity index is 1.41. The molecule has 0 radical (unpaired) electrons. The van der Waals surface area contributed by atoms with Crippen molar-refractivity contribution in [3.63, 3.8) is 0 Å². The summed E-state index contributed by atoms with van der Waals surface area (Å²) in [5, 5.41) is 0.998. The molecule has 4 rings (SSSR count). The number of ether oxygens (including phenoxy) is 2. The molecule has 4 nitrogen and oxygen atoms in total. The van der Waals surface area contributed by atoms with Crippen LogP contribution in [0, 0.1) is 0 Å². The van der Waals surface area contributed by atoms with Crippen molar-refractivity contribution in [3.8, 4) is 5.75 Å². The molecule has 0 saturated carbocycles. The summed E-state index contributed by atoms with van der Waals surface area (Å²) in [7, 11) is 0. The Kier molecular flexibility index (Phi) is 3.07. The summed E-state index contributed by atoms with van der Waals surface area (Å²) in [6.07, 6.45) is -0.0171. The average Bonchev–Trinajstić information content (AvgIpc) is 3.15. The number of carbonyl (C=O) groups excluding carboxylic acids is 1. The van der Waals surface area contributed by atoms with Gasteiger partial charge in [-0.15, -0.1) is 0 Å². The molecule has 0 bridgehead atoms. The molecular weight excluding hydrogens is 280 g/mol. The maximum atomic E-state index is 12.1. The number of esters is 1. The second-order valence-corrected chi connectivity index (χ2v) is 5.28. The summed E-state index contributed by atoms with van der Waals surface area (Å²) < 4.78 is 16.6. The first-order valence-electron chi connectivity index (χ1n) is 7.18. The zero-order valence-electron chi connectivity index (χ0n) is 11.8. The van der Waals surface area contributed by atoms with E-state index in [2.05, 4.69) is 0 Å². The van der Waals surface area contributed by atoms with Crippen LogP contribution < -0.4 is 4.74 Å². The second-order valence-electron chi connectivity index (χ2n) is 5.28. The van der Waals surface area contributed by atoms with Gasteiger partial charge in [0, 0.05) is 11.8 Å². The Hall–Kier alpha value is -2.75. The van der Waals surface area contributed by atoms with Crippen LogP contribution in [0.4, 0.5) is 0 Å². The minimum atomic E-state index is -0.568. The number of carbonyl (C=O) groups is 1. The van der Waals surface area contributed by atoms with Crippen molar-refractivity contribution in [2.45, 2.75) is 19.1 Å². The second kappa shape index (κ2) is 5.22. The van der Waals surface area contributed by atoms with Crippen LogP contribution in [-0.4, -0.2) is 12.1 Å². The van der Waals surface area contributed by atoms with Crippen LogP contribution in [0.15, 0.2) is 59.0 Å². The minimum absolute atomic E-state index is 0.115. The summed E-state index contributed by atoms with van der Waals surface area (Å²) in [5.74, 6) is 1.02. The fourth-order valence-corrected chi connectivity index (χ4v) is 2.66. The molecule has 0 N–H and O–H groups in total. The van der Waals surface area contributed by atoms with Gasteiger partial charge in [0.1, 0.15) is 23.7 Å². The third kappa shape index (κ3) is 2.33. The monoisotopic (exact) mass is 294 g/mol. The highest BCUT2D eigenvalue weighted by atomic mass is 16.6. The standard InChI is InChI=1S/C18H14O4/c19-18(17-10-13-6-2-4-8-16(13)22-17)20-11-14-9-12-5-1-3-7-15(12)21-14/h1-9,17H,10-11H2. The van der Waals surface area contributed by atoms with Gasteiger partial charge in [-0.3, -0.25) is 0 Å². The van der Waals surface area contributed by atoms with E-state index in [1.54, 1.807) is 0 Å². The highest BCUT2D eigenvalue weighted by molar-refractivity contribution is 5.78. The lowest BCUT2D eigenvalue weighted by molar-refractivity contribution is -0.152. The minimum Gasteiger partial charge on any atom is -0.478 e. The predicted octanol–water partition coefficient (Wildman–Crippen LogP) is 3.48. The molecule has 1 unspecified atom stereocenters. The van der Waals surface area contributed by atoms with Gasteiger partial charge in [0.25, 0.3) is 0 Å². The van der Waals surface area contributed by atoms with Crippen molar-refractivity contribution in [3.05, 3.63) is 65.9 Å². The topological polar surface area (TPSA) is 48.7 Å². The van der Waals surface area contributed by atoms with E-state index < -0.39 is 6.10 Å². The molecule has 2 aromatic carbocycles. The molecule has 2 heterocycles. The lowest BCUT2D eigenvalue weighted by Gasteiger charge is -2.09. The van der Waals surface area contributed by atoms with Gasteiger partial charge in [-0.05, 0) is 23.8 Å². The van der Waals surface area contributed by atoms with Gasteiger partial charge in [0.2, 0.25) is 0 Å². The van der Waals surface area contributed by atoms with Gasteiger partial charge in [0.15, 0.2) is 6.10 Å². The van der Waals surface area contributed by atoms with Gasteiger partial charge < -0.3 is 13.9 Å². The summed E-state index contributed by atoms with van der Waals surface area (Å²) in [6.45, 7) is 0.115. The number of fused-ring (bicyclic) bond motifs is 2. The smallest absolute Gasteiger partial charge is 0.348 e. The molecule has 1 atom stereocenters. The fraction of sp³-hybridized carbons (Fsp3) is 0.167. The van der Waals surface area contributed by atoms with Crippen LogP contribution in [0.3, 0.4) is 0 Å². The van der Waals surface area contributed by atoms with Crippen LogP contribution in [0.2, 0.25) is 0 Å². The summed E-state index contributed by atoms with van der Waals surface area (Å²) in [4.78, 5) is 12.1. The van der Waals surface area contributed by atoms with E-state index in [1.165, 1.54) is 0 Å². The van der Waals surface area contributed by atoms with Crippen molar-refractivity contribution in [1.82, 2.24) is 0 Å². The summed E-state index contributed by atoms with van der Waals surface area (Å²) in [6, 6.07) is 17.2. The van der Waals surface area contributed by atoms with Crippen LogP contribution in [0.5, 0.6) is 5.75 Å². The molecule has 0 amide bonds. The van der Waals surface area contributed by atoms with Crippen molar-refractivity contribution < 1.29 is 18.7 Å². The predicted molar refractivity (Wildman–Crippen MR) is 80.6 cm³/mol. The van der Waals surface area contributed by atoms with Gasteiger partial charge in [-0.2, -0.15) is 0 Å². The van der Waals surface area contributed by atoms with Crippen LogP contribution in [-0.2, 0) is 22.6 Å². The molecule has 4 heteroatoms. The van der Waals surface area contributed by atoms with E-state index in [-0.39, 0.29) is 12.6 Å². The summed E-state index contributed by atoms with van der Waals surface area (Å²) >= 11 is 0. The molecular formula is C18H14O4. The van der Waals surface area contributed by atoms with Crippen LogP contribution >= 0.6 is 0 Å². The SMILES string of the molecule is O=C(OCc1cc2ccccc2o1)C1Cc2ccccc2O1. The number of hydrogen-bond donors (Lipinski definition) is 0. The number of hydrogen-bond acceptors (Lipinski definition) is 4. The number of rotatable bonds is 3. The summed E-state index contributed by atoms with van der Waals surface area (Å²) in [5.41, 5.74) is 1.83. The van der Waals surface area contributed by atoms with E-state index in [1.807, 2.05) is 54.6 Å². The first-order chi connectivity index (χ1) is 10.8. The molecule has 1 aromatic heterocycles. The Morgan fingerprint density at radius 2 is 1.95 bits per heavy atom. The molecule has 3 aromatic rings. The quantitative estimate of drug-likeness (QED) is 0.694. The van der Waals surface area contributed by atoms with Gasteiger partial charge in [-0.25, -0.2) is 4.79 Å². The Bertz CT molecular complexity index is 776. The first kappa shape index (κ1) is 13.0. The van der Waals surface area contributed by atoms with Crippen molar-refractivity contribution >= 4 is 16.9 Å². The van der Waals surface area contributed by atoms with E-state index in [9.17, 15) is 4.79 Å².